The second-order valence-corrected chi connectivity index (χ2v) is 3.48. The van der Waals surface area contributed by atoms with E-state index in [4.69, 9.17) is 11.2 Å². The number of terminal acetylenes is 1. The van der Waals surface area contributed by atoms with E-state index < -0.39 is 0 Å². The summed E-state index contributed by atoms with van der Waals surface area (Å²) >= 11 is 0. The topological polar surface area (TPSA) is 34.1 Å². The number of hydrogen-bond acceptors (Lipinski definition) is 3. The molecule has 3 nitrogen and oxygen atoms in total. The molecule has 1 rings (SSSR count). The van der Waals surface area contributed by atoms with Gasteiger partial charge in [0.1, 0.15) is 5.75 Å². The molecule has 0 unspecified atom stereocenters. The van der Waals surface area contributed by atoms with Gasteiger partial charge in [0.05, 0.1) is 12.3 Å². The van der Waals surface area contributed by atoms with Crippen LogP contribution in [0, 0.1) is 19.3 Å². The highest BCUT2D eigenvalue weighted by Crippen LogP contribution is 2.16. The van der Waals surface area contributed by atoms with Gasteiger partial charge in [-0.05, 0) is 25.6 Å². The molecule has 0 atom stereocenters. The van der Waals surface area contributed by atoms with Crippen LogP contribution in [-0.2, 0) is 6.54 Å². The number of aryl methyl sites for hydroxylation is 1. The summed E-state index contributed by atoms with van der Waals surface area (Å²) in [5, 5.41) is 3.24. The minimum absolute atomic E-state index is 0.542. The first-order valence-corrected chi connectivity index (χ1v) is 5.51. The first-order valence-electron chi connectivity index (χ1n) is 5.51. The third-order valence-electron chi connectivity index (χ3n) is 2.12. The average molecular weight is 218 g/mol. The molecular weight excluding hydrogens is 200 g/mol. The van der Waals surface area contributed by atoms with Crippen LogP contribution in [0.25, 0.3) is 0 Å². The van der Waals surface area contributed by atoms with Crippen molar-refractivity contribution in [3.63, 3.8) is 0 Å². The van der Waals surface area contributed by atoms with E-state index in [1.807, 2.05) is 19.1 Å². The Hall–Kier alpha value is -1.53. The zero-order valence-corrected chi connectivity index (χ0v) is 9.92. The van der Waals surface area contributed by atoms with Crippen LogP contribution in [0.5, 0.6) is 5.75 Å². The highest BCUT2D eigenvalue weighted by molar-refractivity contribution is 5.29. The van der Waals surface area contributed by atoms with Gasteiger partial charge in [-0.25, -0.2) is 0 Å². The van der Waals surface area contributed by atoms with Crippen molar-refractivity contribution in [1.29, 1.82) is 0 Å². The van der Waals surface area contributed by atoms with Crippen LogP contribution in [0.4, 0.5) is 0 Å². The molecule has 0 saturated carbocycles. The van der Waals surface area contributed by atoms with Crippen molar-refractivity contribution >= 4 is 0 Å². The first-order chi connectivity index (χ1) is 7.77. The quantitative estimate of drug-likeness (QED) is 0.585. The Bertz CT molecular complexity index is 369. The molecule has 1 N–H and O–H groups in total. The molecule has 0 amide bonds. The molecule has 0 aliphatic rings. The standard InChI is InChI=1S/C13H18N2O/c1-4-6-9-16-13-8-7-11(3)15-12(13)10-14-5-2/h1,7-8,14H,5-6,9-10H2,2-3H3. The molecule has 0 spiro atoms. The molecule has 1 aromatic rings. The van der Waals surface area contributed by atoms with Crippen molar-refractivity contribution in [3.05, 3.63) is 23.5 Å². The minimum Gasteiger partial charge on any atom is -0.491 e. The van der Waals surface area contributed by atoms with Crippen LogP contribution in [0.1, 0.15) is 24.7 Å². The lowest BCUT2D eigenvalue weighted by Gasteiger charge is -2.10. The summed E-state index contributed by atoms with van der Waals surface area (Å²) in [7, 11) is 0. The van der Waals surface area contributed by atoms with Gasteiger partial charge < -0.3 is 10.1 Å². The lowest BCUT2D eigenvalue weighted by molar-refractivity contribution is 0.320. The van der Waals surface area contributed by atoms with Crippen molar-refractivity contribution < 1.29 is 4.74 Å². The van der Waals surface area contributed by atoms with E-state index >= 15 is 0 Å². The summed E-state index contributed by atoms with van der Waals surface area (Å²) in [5.41, 5.74) is 1.94. The Kier molecular flexibility index (Phi) is 5.38. The van der Waals surface area contributed by atoms with Gasteiger partial charge in [0, 0.05) is 18.7 Å². The van der Waals surface area contributed by atoms with Crippen LogP contribution < -0.4 is 10.1 Å². The van der Waals surface area contributed by atoms with Gasteiger partial charge in [0.25, 0.3) is 0 Å². The predicted molar refractivity (Wildman–Crippen MR) is 65.3 cm³/mol. The summed E-state index contributed by atoms with van der Waals surface area (Å²) < 4.78 is 5.58. The van der Waals surface area contributed by atoms with Crippen LogP contribution in [0.2, 0.25) is 0 Å². The number of hydrogen-bond donors (Lipinski definition) is 1. The molecule has 1 aromatic heterocycles. The number of aromatic nitrogens is 1. The number of pyridine rings is 1. The lowest BCUT2D eigenvalue weighted by atomic mass is 10.3. The molecule has 0 fully saturated rings. The Morgan fingerprint density at radius 3 is 3.00 bits per heavy atom. The first kappa shape index (κ1) is 12.5. The van der Waals surface area contributed by atoms with Crippen LogP contribution in [0.15, 0.2) is 12.1 Å². The van der Waals surface area contributed by atoms with Gasteiger partial charge >= 0.3 is 0 Å². The maximum absolute atomic E-state index is 5.58. The summed E-state index contributed by atoms with van der Waals surface area (Å²) in [5.74, 6) is 3.37. The molecule has 0 aliphatic heterocycles. The fourth-order valence-corrected chi connectivity index (χ4v) is 1.32. The molecule has 16 heavy (non-hydrogen) atoms. The third-order valence-corrected chi connectivity index (χ3v) is 2.12. The maximum atomic E-state index is 5.58. The van der Waals surface area contributed by atoms with Gasteiger partial charge in [0.15, 0.2) is 0 Å². The van der Waals surface area contributed by atoms with Crippen molar-refractivity contribution in [2.75, 3.05) is 13.2 Å². The van der Waals surface area contributed by atoms with E-state index in [9.17, 15) is 0 Å². The highest BCUT2D eigenvalue weighted by atomic mass is 16.5. The summed E-state index contributed by atoms with van der Waals surface area (Å²) in [6.07, 6.45) is 5.80. The molecule has 0 aliphatic carbocycles. The van der Waals surface area contributed by atoms with Crippen molar-refractivity contribution in [3.8, 4) is 18.1 Å². The molecular formula is C13H18N2O. The Morgan fingerprint density at radius 1 is 1.50 bits per heavy atom. The molecule has 0 radical (unpaired) electrons. The SMILES string of the molecule is C#CCCOc1ccc(C)nc1CNCC. The fraction of sp³-hybridized carbons (Fsp3) is 0.462. The number of nitrogens with zero attached hydrogens (tertiary/aromatic N) is 1. The number of nitrogens with one attached hydrogen (secondary N) is 1. The Morgan fingerprint density at radius 2 is 2.31 bits per heavy atom. The van der Waals surface area contributed by atoms with Gasteiger partial charge in [-0.15, -0.1) is 12.3 Å². The van der Waals surface area contributed by atoms with E-state index in [-0.39, 0.29) is 0 Å². The van der Waals surface area contributed by atoms with Crippen LogP contribution >= 0.6 is 0 Å². The summed E-state index contributed by atoms with van der Waals surface area (Å²) in [6.45, 7) is 6.22. The molecule has 3 heteroatoms. The summed E-state index contributed by atoms with van der Waals surface area (Å²) in [4.78, 5) is 4.45. The van der Waals surface area contributed by atoms with E-state index in [2.05, 4.69) is 23.1 Å². The Labute approximate surface area is 97.2 Å². The monoisotopic (exact) mass is 218 g/mol. The normalized spacial score (nSPS) is 9.81. The Balaban J connectivity index is 2.69. The summed E-state index contributed by atoms with van der Waals surface area (Å²) in [6, 6.07) is 3.90. The molecule has 0 aromatic carbocycles. The van der Waals surface area contributed by atoms with Crippen LogP contribution in [0.3, 0.4) is 0 Å². The smallest absolute Gasteiger partial charge is 0.142 e. The zero-order valence-electron chi connectivity index (χ0n) is 9.92. The molecule has 1 heterocycles. The van der Waals surface area contributed by atoms with E-state index in [1.165, 1.54) is 0 Å². The molecule has 0 saturated heterocycles. The van der Waals surface area contributed by atoms with Crippen LogP contribution in [-0.4, -0.2) is 18.1 Å². The minimum atomic E-state index is 0.542. The van der Waals surface area contributed by atoms with Gasteiger partial charge in [0.2, 0.25) is 0 Å². The number of rotatable bonds is 6. The van der Waals surface area contributed by atoms with Gasteiger partial charge in [-0.2, -0.15) is 0 Å². The van der Waals surface area contributed by atoms with Gasteiger partial charge in [-0.3, -0.25) is 4.98 Å². The largest absolute Gasteiger partial charge is 0.491 e. The predicted octanol–water partition coefficient (Wildman–Crippen LogP) is 1.90. The molecule has 86 valence electrons. The van der Waals surface area contributed by atoms with E-state index in [0.29, 0.717) is 13.0 Å². The third kappa shape index (κ3) is 3.92. The van der Waals surface area contributed by atoms with Crippen molar-refractivity contribution in [2.45, 2.75) is 26.8 Å². The number of ether oxygens (including phenoxy) is 1. The second-order valence-electron chi connectivity index (χ2n) is 3.48. The molecule has 0 bridgehead atoms. The lowest BCUT2D eigenvalue weighted by Crippen LogP contribution is -2.14. The van der Waals surface area contributed by atoms with E-state index in [0.717, 1.165) is 30.2 Å². The average Bonchev–Trinajstić information content (AvgIpc) is 2.29. The van der Waals surface area contributed by atoms with Crippen molar-refractivity contribution in [1.82, 2.24) is 10.3 Å². The second kappa shape index (κ2) is 6.86. The highest BCUT2D eigenvalue weighted by Gasteiger charge is 2.04. The van der Waals surface area contributed by atoms with Crippen molar-refractivity contribution in [2.24, 2.45) is 0 Å². The van der Waals surface area contributed by atoms with E-state index in [1.54, 1.807) is 0 Å². The fourth-order valence-electron chi connectivity index (χ4n) is 1.32. The van der Waals surface area contributed by atoms with Gasteiger partial charge in [-0.1, -0.05) is 6.92 Å². The maximum Gasteiger partial charge on any atom is 0.142 e. The zero-order chi connectivity index (χ0) is 11.8.